The zero-order valence-corrected chi connectivity index (χ0v) is 9.59. The Bertz CT molecular complexity index is 484. The van der Waals surface area contributed by atoms with Gasteiger partial charge in [-0.1, -0.05) is 11.6 Å². The lowest BCUT2D eigenvalue weighted by molar-refractivity contribution is 0.200. The average molecular weight is 238 g/mol. The van der Waals surface area contributed by atoms with E-state index in [2.05, 4.69) is 9.97 Å². The zero-order valence-electron chi connectivity index (χ0n) is 8.84. The van der Waals surface area contributed by atoms with Crippen LogP contribution >= 0.6 is 11.6 Å². The van der Waals surface area contributed by atoms with Crippen molar-refractivity contribution in [2.45, 2.75) is 19.6 Å². The first kappa shape index (κ1) is 11.1. The molecule has 0 aliphatic carbocycles. The van der Waals surface area contributed by atoms with Crippen molar-refractivity contribution in [1.82, 2.24) is 14.5 Å². The molecule has 1 unspecified atom stereocenters. The minimum atomic E-state index is -0.886. The molecule has 0 aromatic carbocycles. The number of rotatable bonds is 3. The van der Waals surface area contributed by atoms with E-state index < -0.39 is 6.10 Å². The molecule has 2 rings (SSSR count). The lowest BCUT2D eigenvalue weighted by Gasteiger charge is -2.12. The molecule has 2 aromatic rings. The van der Waals surface area contributed by atoms with Crippen molar-refractivity contribution < 1.29 is 5.11 Å². The Morgan fingerprint density at radius 1 is 1.44 bits per heavy atom. The Morgan fingerprint density at radius 3 is 2.94 bits per heavy atom. The van der Waals surface area contributed by atoms with Crippen LogP contribution < -0.4 is 0 Å². The van der Waals surface area contributed by atoms with Gasteiger partial charge in [-0.2, -0.15) is 0 Å². The summed E-state index contributed by atoms with van der Waals surface area (Å²) in [6.07, 6.45) is 4.18. The van der Waals surface area contributed by atoms with Crippen molar-refractivity contribution in [3.63, 3.8) is 0 Å². The lowest BCUT2D eigenvalue weighted by Crippen LogP contribution is -2.10. The highest BCUT2D eigenvalue weighted by Crippen LogP contribution is 2.24. The van der Waals surface area contributed by atoms with Crippen LogP contribution in [0.4, 0.5) is 0 Å². The highest BCUT2D eigenvalue weighted by atomic mass is 35.5. The number of hydrogen-bond donors (Lipinski definition) is 1. The summed E-state index contributed by atoms with van der Waals surface area (Å²) in [7, 11) is 0. The molecular formula is C11H12ClN3O. The van der Waals surface area contributed by atoms with Crippen molar-refractivity contribution in [2.75, 3.05) is 0 Å². The largest absolute Gasteiger partial charge is 0.379 e. The van der Waals surface area contributed by atoms with Gasteiger partial charge in [-0.3, -0.25) is 4.98 Å². The van der Waals surface area contributed by atoms with Gasteiger partial charge in [0.05, 0.1) is 10.7 Å². The third-order valence-electron chi connectivity index (χ3n) is 2.38. The first-order valence-corrected chi connectivity index (χ1v) is 5.41. The Hall–Kier alpha value is -1.39. The molecule has 5 heteroatoms. The monoisotopic (exact) mass is 237 g/mol. The van der Waals surface area contributed by atoms with E-state index in [9.17, 15) is 5.11 Å². The molecule has 16 heavy (non-hydrogen) atoms. The Balaban J connectivity index is 2.39. The number of aryl methyl sites for hydroxylation is 1. The fourth-order valence-electron chi connectivity index (χ4n) is 1.56. The van der Waals surface area contributed by atoms with E-state index >= 15 is 0 Å². The molecule has 0 fully saturated rings. The van der Waals surface area contributed by atoms with Gasteiger partial charge in [-0.15, -0.1) is 0 Å². The normalized spacial score (nSPS) is 12.7. The minimum Gasteiger partial charge on any atom is -0.379 e. The predicted molar refractivity (Wildman–Crippen MR) is 61.2 cm³/mol. The van der Waals surface area contributed by atoms with E-state index in [1.165, 1.54) is 0 Å². The van der Waals surface area contributed by atoms with Crippen molar-refractivity contribution >= 4 is 11.6 Å². The zero-order chi connectivity index (χ0) is 11.5. The SMILES string of the molecule is CCn1ccnc1C(O)c1ncccc1Cl. The quantitative estimate of drug-likeness (QED) is 0.889. The van der Waals surface area contributed by atoms with E-state index in [1.807, 2.05) is 17.7 Å². The first-order valence-electron chi connectivity index (χ1n) is 5.03. The first-order chi connectivity index (χ1) is 7.74. The summed E-state index contributed by atoms with van der Waals surface area (Å²) in [5.74, 6) is 0.558. The highest BCUT2D eigenvalue weighted by molar-refractivity contribution is 6.31. The molecule has 0 saturated heterocycles. The summed E-state index contributed by atoms with van der Waals surface area (Å²) < 4.78 is 1.86. The lowest BCUT2D eigenvalue weighted by atomic mass is 10.2. The third-order valence-corrected chi connectivity index (χ3v) is 2.70. The summed E-state index contributed by atoms with van der Waals surface area (Å²) in [6.45, 7) is 2.73. The molecule has 1 atom stereocenters. The van der Waals surface area contributed by atoms with Crippen LogP contribution in [-0.4, -0.2) is 19.6 Å². The van der Waals surface area contributed by atoms with Gasteiger partial charge in [0.15, 0.2) is 6.10 Å². The number of imidazole rings is 1. The van der Waals surface area contributed by atoms with Gasteiger partial charge < -0.3 is 9.67 Å². The fourth-order valence-corrected chi connectivity index (χ4v) is 1.78. The third kappa shape index (κ3) is 1.94. The molecule has 0 aliphatic rings. The van der Waals surface area contributed by atoms with Crippen LogP contribution in [0.5, 0.6) is 0 Å². The second-order valence-electron chi connectivity index (χ2n) is 3.34. The van der Waals surface area contributed by atoms with Gasteiger partial charge in [0.25, 0.3) is 0 Å². The van der Waals surface area contributed by atoms with Crippen LogP contribution in [0.3, 0.4) is 0 Å². The molecule has 0 bridgehead atoms. The van der Waals surface area contributed by atoms with Gasteiger partial charge in [-0.05, 0) is 19.1 Å². The fraction of sp³-hybridized carbons (Fsp3) is 0.273. The van der Waals surface area contributed by atoms with E-state index in [0.717, 1.165) is 6.54 Å². The molecule has 2 heterocycles. The van der Waals surface area contributed by atoms with Gasteiger partial charge >= 0.3 is 0 Å². The van der Waals surface area contributed by atoms with Gasteiger partial charge in [0.1, 0.15) is 5.82 Å². The van der Waals surface area contributed by atoms with Crippen molar-refractivity contribution in [3.05, 3.63) is 47.3 Å². The van der Waals surface area contributed by atoms with Crippen molar-refractivity contribution in [3.8, 4) is 0 Å². The molecule has 0 radical (unpaired) electrons. The van der Waals surface area contributed by atoms with Crippen LogP contribution in [-0.2, 0) is 6.54 Å². The van der Waals surface area contributed by atoms with Crippen molar-refractivity contribution in [2.24, 2.45) is 0 Å². The number of halogens is 1. The number of pyridine rings is 1. The van der Waals surface area contributed by atoms with Crippen LogP contribution in [0.2, 0.25) is 5.02 Å². The predicted octanol–water partition coefficient (Wildman–Crippen LogP) is 2.03. The Kier molecular flexibility index (Phi) is 3.22. The van der Waals surface area contributed by atoms with Crippen LogP contribution in [0.15, 0.2) is 30.7 Å². The average Bonchev–Trinajstić information content (AvgIpc) is 2.77. The standard InChI is InChI=1S/C11H12ClN3O/c1-2-15-7-6-14-11(15)10(16)9-8(12)4-3-5-13-9/h3-7,10,16H,2H2,1H3. The molecule has 0 spiro atoms. The summed E-state index contributed by atoms with van der Waals surface area (Å²) in [4.78, 5) is 8.19. The van der Waals surface area contributed by atoms with E-state index in [4.69, 9.17) is 11.6 Å². The molecule has 0 amide bonds. The molecular weight excluding hydrogens is 226 g/mol. The van der Waals surface area contributed by atoms with Crippen LogP contribution in [0, 0.1) is 0 Å². The molecule has 2 aromatic heterocycles. The maximum Gasteiger partial charge on any atom is 0.155 e. The van der Waals surface area contributed by atoms with E-state index in [-0.39, 0.29) is 0 Å². The second-order valence-corrected chi connectivity index (χ2v) is 3.75. The van der Waals surface area contributed by atoms with Crippen molar-refractivity contribution in [1.29, 1.82) is 0 Å². The number of nitrogens with zero attached hydrogens (tertiary/aromatic N) is 3. The summed E-state index contributed by atoms with van der Waals surface area (Å²) in [5.41, 5.74) is 0.435. The van der Waals surface area contributed by atoms with Gasteiger partial charge in [0.2, 0.25) is 0 Å². The Labute approximate surface area is 98.5 Å². The van der Waals surface area contributed by atoms with Gasteiger partial charge in [-0.25, -0.2) is 4.98 Å². The number of aliphatic hydroxyl groups is 1. The summed E-state index contributed by atoms with van der Waals surface area (Å²) in [5, 5.41) is 10.6. The second kappa shape index (κ2) is 4.63. The smallest absolute Gasteiger partial charge is 0.155 e. The maximum atomic E-state index is 10.1. The minimum absolute atomic E-state index is 0.435. The molecule has 1 N–H and O–H groups in total. The summed E-state index contributed by atoms with van der Waals surface area (Å²) in [6, 6.07) is 3.43. The highest BCUT2D eigenvalue weighted by Gasteiger charge is 2.19. The van der Waals surface area contributed by atoms with Crippen LogP contribution in [0.1, 0.15) is 24.5 Å². The van der Waals surface area contributed by atoms with Gasteiger partial charge in [0, 0.05) is 25.1 Å². The van der Waals surface area contributed by atoms with Crippen LogP contribution in [0.25, 0.3) is 0 Å². The molecule has 84 valence electrons. The topological polar surface area (TPSA) is 50.9 Å². The van der Waals surface area contributed by atoms with E-state index in [1.54, 1.807) is 24.5 Å². The van der Waals surface area contributed by atoms with E-state index in [0.29, 0.717) is 16.5 Å². The number of aromatic nitrogens is 3. The molecule has 0 saturated carbocycles. The number of hydrogen-bond acceptors (Lipinski definition) is 3. The summed E-state index contributed by atoms with van der Waals surface area (Å²) >= 11 is 5.97. The molecule has 4 nitrogen and oxygen atoms in total. The Morgan fingerprint density at radius 2 is 2.25 bits per heavy atom. The number of aliphatic hydroxyl groups excluding tert-OH is 1. The molecule has 0 aliphatic heterocycles. The maximum absolute atomic E-state index is 10.1.